The van der Waals surface area contributed by atoms with Gasteiger partial charge in [0.1, 0.15) is 5.75 Å². The predicted molar refractivity (Wildman–Crippen MR) is 74.7 cm³/mol. The maximum absolute atomic E-state index is 5.47. The minimum absolute atomic E-state index is 0.827. The highest BCUT2D eigenvalue weighted by atomic mass is 79.9. The highest BCUT2D eigenvalue weighted by molar-refractivity contribution is 9.10. The molecule has 0 aliphatic carbocycles. The molecule has 1 aromatic carbocycles. The van der Waals surface area contributed by atoms with E-state index < -0.39 is 0 Å². The molecule has 1 N–H and O–H groups in total. The Balaban J connectivity index is 2.81. The zero-order valence-electron chi connectivity index (χ0n) is 10.6. The van der Waals surface area contributed by atoms with Crippen molar-refractivity contribution >= 4 is 26.8 Å². The van der Waals surface area contributed by atoms with Crippen molar-refractivity contribution < 1.29 is 4.74 Å². The summed E-state index contributed by atoms with van der Waals surface area (Å²) in [6.07, 6.45) is 0. The Kier molecular flexibility index (Phi) is 3.45. The van der Waals surface area contributed by atoms with Gasteiger partial charge in [0, 0.05) is 29.1 Å². The van der Waals surface area contributed by atoms with Crippen LogP contribution >= 0.6 is 15.9 Å². The van der Waals surface area contributed by atoms with Crippen molar-refractivity contribution in [3.63, 3.8) is 0 Å². The molecule has 2 rings (SSSR count). The average Bonchev–Trinajstić information content (AvgIpc) is 2.54. The van der Waals surface area contributed by atoms with E-state index in [1.807, 2.05) is 7.05 Å². The van der Waals surface area contributed by atoms with Crippen LogP contribution < -0.4 is 10.1 Å². The maximum atomic E-state index is 5.47. The second kappa shape index (κ2) is 4.70. The number of hydrogen-bond acceptors (Lipinski definition) is 2. The first-order valence-electron chi connectivity index (χ1n) is 5.56. The summed E-state index contributed by atoms with van der Waals surface area (Å²) in [6, 6.07) is 4.25. The Labute approximate surface area is 110 Å². The normalized spacial score (nSPS) is 11.1. The van der Waals surface area contributed by atoms with E-state index in [0.717, 1.165) is 22.3 Å². The Morgan fingerprint density at radius 3 is 2.71 bits per heavy atom. The lowest BCUT2D eigenvalue weighted by molar-refractivity contribution is 0.417. The molecule has 0 amide bonds. The summed E-state index contributed by atoms with van der Waals surface area (Å²) in [5.74, 6) is 0.922. The first-order chi connectivity index (χ1) is 8.10. The number of nitrogens with zero attached hydrogens (tertiary/aromatic N) is 1. The molecule has 1 heterocycles. The molecule has 3 nitrogen and oxygen atoms in total. The summed E-state index contributed by atoms with van der Waals surface area (Å²) < 4.78 is 8.79. The van der Waals surface area contributed by atoms with Crippen molar-refractivity contribution in [2.75, 3.05) is 14.2 Å². The summed E-state index contributed by atoms with van der Waals surface area (Å²) in [7, 11) is 5.73. The van der Waals surface area contributed by atoms with E-state index in [4.69, 9.17) is 4.74 Å². The number of ether oxygens (including phenoxy) is 1. The number of benzene rings is 1. The zero-order chi connectivity index (χ0) is 12.6. The largest absolute Gasteiger partial charge is 0.495 e. The van der Waals surface area contributed by atoms with Crippen LogP contribution in [-0.2, 0) is 13.6 Å². The van der Waals surface area contributed by atoms with Gasteiger partial charge in [0.25, 0.3) is 0 Å². The Morgan fingerprint density at radius 2 is 2.12 bits per heavy atom. The molecular formula is C13H17BrN2O. The lowest BCUT2D eigenvalue weighted by atomic mass is 10.1. The molecule has 0 bridgehead atoms. The van der Waals surface area contributed by atoms with Crippen molar-refractivity contribution in [1.29, 1.82) is 0 Å². The summed E-state index contributed by atoms with van der Waals surface area (Å²) in [6.45, 7) is 2.91. The highest BCUT2D eigenvalue weighted by Crippen LogP contribution is 2.36. The van der Waals surface area contributed by atoms with Gasteiger partial charge >= 0.3 is 0 Å². The van der Waals surface area contributed by atoms with Gasteiger partial charge in [-0.15, -0.1) is 0 Å². The van der Waals surface area contributed by atoms with Crippen LogP contribution in [0, 0.1) is 6.92 Å². The summed E-state index contributed by atoms with van der Waals surface area (Å²) in [4.78, 5) is 0. The van der Waals surface area contributed by atoms with Crippen molar-refractivity contribution in [2.24, 2.45) is 7.05 Å². The number of fused-ring (bicyclic) bond motifs is 1. The summed E-state index contributed by atoms with van der Waals surface area (Å²) >= 11 is 3.68. The Bertz CT molecular complexity index is 560. The third kappa shape index (κ3) is 1.96. The molecule has 0 atom stereocenters. The molecule has 0 aliphatic rings. The van der Waals surface area contributed by atoms with Crippen LogP contribution in [0.5, 0.6) is 5.75 Å². The van der Waals surface area contributed by atoms with Gasteiger partial charge in [0.05, 0.1) is 12.6 Å². The van der Waals surface area contributed by atoms with Crippen molar-refractivity contribution in [3.05, 3.63) is 27.9 Å². The molecule has 0 spiro atoms. The quantitative estimate of drug-likeness (QED) is 0.942. The van der Waals surface area contributed by atoms with Gasteiger partial charge in [-0.2, -0.15) is 0 Å². The van der Waals surface area contributed by atoms with E-state index in [9.17, 15) is 0 Å². The third-order valence-electron chi connectivity index (χ3n) is 3.01. The lowest BCUT2D eigenvalue weighted by Crippen LogP contribution is -2.09. The second-order valence-corrected chi connectivity index (χ2v) is 5.01. The van der Waals surface area contributed by atoms with Gasteiger partial charge in [-0.25, -0.2) is 0 Å². The molecule has 0 saturated carbocycles. The van der Waals surface area contributed by atoms with Gasteiger partial charge in [0.15, 0.2) is 0 Å². The van der Waals surface area contributed by atoms with E-state index in [2.05, 4.69) is 51.9 Å². The van der Waals surface area contributed by atoms with Crippen LogP contribution in [0.4, 0.5) is 0 Å². The molecule has 0 radical (unpaired) electrons. The number of aromatic nitrogens is 1. The summed E-state index contributed by atoms with van der Waals surface area (Å²) in [5, 5.41) is 4.39. The fourth-order valence-corrected chi connectivity index (χ4v) is 2.92. The number of hydrogen-bond donors (Lipinski definition) is 1. The van der Waals surface area contributed by atoms with Gasteiger partial charge in [0.2, 0.25) is 0 Å². The number of halogens is 1. The van der Waals surface area contributed by atoms with Crippen LogP contribution in [0.25, 0.3) is 10.9 Å². The van der Waals surface area contributed by atoms with E-state index in [1.165, 1.54) is 16.6 Å². The van der Waals surface area contributed by atoms with E-state index in [1.54, 1.807) is 7.11 Å². The van der Waals surface area contributed by atoms with Crippen molar-refractivity contribution in [2.45, 2.75) is 13.5 Å². The van der Waals surface area contributed by atoms with Crippen LogP contribution in [0.1, 0.15) is 11.3 Å². The van der Waals surface area contributed by atoms with Gasteiger partial charge in [-0.05, 0) is 47.6 Å². The predicted octanol–water partition coefficient (Wildman–Crippen LogP) is 2.98. The summed E-state index contributed by atoms with van der Waals surface area (Å²) in [5.41, 5.74) is 3.57. The van der Waals surface area contributed by atoms with E-state index >= 15 is 0 Å². The average molecular weight is 297 g/mol. The topological polar surface area (TPSA) is 26.2 Å². The molecular weight excluding hydrogens is 280 g/mol. The first-order valence-corrected chi connectivity index (χ1v) is 6.35. The van der Waals surface area contributed by atoms with Gasteiger partial charge in [-0.1, -0.05) is 0 Å². The number of aryl methyl sites for hydroxylation is 2. The lowest BCUT2D eigenvalue weighted by Gasteiger charge is -2.07. The molecule has 0 unspecified atom stereocenters. The van der Waals surface area contributed by atoms with Gasteiger partial charge < -0.3 is 14.6 Å². The van der Waals surface area contributed by atoms with E-state index in [-0.39, 0.29) is 0 Å². The molecule has 1 aromatic heterocycles. The molecule has 4 heteroatoms. The molecule has 0 fully saturated rings. The third-order valence-corrected chi connectivity index (χ3v) is 3.90. The molecule has 92 valence electrons. The van der Waals surface area contributed by atoms with Gasteiger partial charge in [-0.3, -0.25) is 0 Å². The monoisotopic (exact) mass is 296 g/mol. The van der Waals surface area contributed by atoms with Crippen LogP contribution in [-0.4, -0.2) is 18.7 Å². The van der Waals surface area contributed by atoms with Crippen LogP contribution in [0.15, 0.2) is 16.6 Å². The molecule has 0 aliphatic heterocycles. The molecule has 17 heavy (non-hydrogen) atoms. The maximum Gasteiger partial charge on any atom is 0.143 e. The Hall–Kier alpha value is -1.00. The fraction of sp³-hybridized carbons (Fsp3) is 0.385. The van der Waals surface area contributed by atoms with E-state index in [0.29, 0.717) is 0 Å². The Morgan fingerprint density at radius 1 is 1.41 bits per heavy atom. The SMILES string of the molecule is CNCc1c(Br)c2cc(C)cc(OC)c2n1C. The highest BCUT2D eigenvalue weighted by Gasteiger charge is 2.16. The number of nitrogens with one attached hydrogen (secondary N) is 1. The molecule has 2 aromatic rings. The smallest absolute Gasteiger partial charge is 0.143 e. The number of rotatable bonds is 3. The zero-order valence-corrected chi connectivity index (χ0v) is 12.2. The fourth-order valence-electron chi connectivity index (χ4n) is 2.22. The van der Waals surface area contributed by atoms with Crippen LogP contribution in [0.2, 0.25) is 0 Å². The second-order valence-electron chi connectivity index (χ2n) is 4.21. The molecule has 0 saturated heterocycles. The minimum atomic E-state index is 0.827. The van der Waals surface area contributed by atoms with Crippen LogP contribution in [0.3, 0.4) is 0 Å². The minimum Gasteiger partial charge on any atom is -0.495 e. The van der Waals surface area contributed by atoms with Crippen molar-refractivity contribution in [3.8, 4) is 5.75 Å². The first kappa shape index (κ1) is 12.5. The standard InChI is InChI=1S/C13H17BrN2O/c1-8-5-9-12(14)10(7-15-2)16(3)13(9)11(6-8)17-4/h5-6,15H,7H2,1-4H3. The number of methoxy groups -OCH3 is 1. The van der Waals surface area contributed by atoms with Crippen molar-refractivity contribution in [1.82, 2.24) is 9.88 Å².